The van der Waals surface area contributed by atoms with Crippen LogP contribution in [0.4, 0.5) is 4.39 Å². The van der Waals surface area contributed by atoms with E-state index in [1.54, 1.807) is 6.07 Å². The fraction of sp³-hybridized carbons (Fsp3) is 0.385. The molecule has 0 saturated carbocycles. The molecule has 100 valence electrons. The van der Waals surface area contributed by atoms with Crippen LogP contribution in [0.5, 0.6) is 0 Å². The highest BCUT2D eigenvalue weighted by molar-refractivity contribution is 6.31. The second-order valence-electron chi connectivity index (χ2n) is 4.63. The Labute approximate surface area is 115 Å². The molecule has 1 N–H and O–H groups in total. The largest absolute Gasteiger partial charge is 0.339 e. The molecule has 0 unspecified atom stereocenters. The van der Waals surface area contributed by atoms with Crippen molar-refractivity contribution >= 4 is 11.6 Å². The van der Waals surface area contributed by atoms with Gasteiger partial charge in [-0.05, 0) is 37.6 Å². The molecule has 4 nitrogen and oxygen atoms in total. The van der Waals surface area contributed by atoms with Crippen molar-refractivity contribution in [2.24, 2.45) is 0 Å². The molecule has 1 aromatic carbocycles. The first-order valence-electron chi connectivity index (χ1n) is 6.24. The summed E-state index contributed by atoms with van der Waals surface area (Å²) in [6.07, 6.45) is 2.14. The molecule has 0 bridgehead atoms. The van der Waals surface area contributed by atoms with Gasteiger partial charge in [-0.25, -0.2) is 4.39 Å². The van der Waals surface area contributed by atoms with Crippen LogP contribution < -0.4 is 5.32 Å². The van der Waals surface area contributed by atoms with Crippen molar-refractivity contribution in [3.8, 4) is 11.4 Å². The number of hydrogen-bond acceptors (Lipinski definition) is 4. The number of nitrogens with one attached hydrogen (secondary N) is 1. The SMILES string of the molecule is Fc1ccc(-c2noc([C@@H]3CCCNC3)n2)cc1Cl. The predicted molar refractivity (Wildman–Crippen MR) is 69.5 cm³/mol. The molecule has 1 atom stereocenters. The first-order chi connectivity index (χ1) is 9.24. The number of benzene rings is 1. The summed E-state index contributed by atoms with van der Waals surface area (Å²) >= 11 is 5.75. The van der Waals surface area contributed by atoms with Crippen molar-refractivity contribution in [3.05, 3.63) is 34.9 Å². The average Bonchev–Trinajstić information content (AvgIpc) is 2.93. The summed E-state index contributed by atoms with van der Waals surface area (Å²) < 4.78 is 18.4. The van der Waals surface area contributed by atoms with Gasteiger partial charge >= 0.3 is 0 Å². The Balaban J connectivity index is 1.85. The molecule has 0 aliphatic carbocycles. The molecule has 2 aromatic rings. The average molecular weight is 282 g/mol. The van der Waals surface area contributed by atoms with E-state index in [9.17, 15) is 4.39 Å². The van der Waals surface area contributed by atoms with Gasteiger partial charge in [-0.2, -0.15) is 4.98 Å². The third kappa shape index (κ3) is 2.62. The van der Waals surface area contributed by atoms with Gasteiger partial charge in [-0.3, -0.25) is 0 Å². The minimum absolute atomic E-state index is 0.0585. The van der Waals surface area contributed by atoms with Crippen LogP contribution in [0.15, 0.2) is 22.7 Å². The molecule has 1 aliphatic rings. The van der Waals surface area contributed by atoms with Crippen molar-refractivity contribution in [2.45, 2.75) is 18.8 Å². The molecule has 1 fully saturated rings. The molecular weight excluding hydrogens is 269 g/mol. The van der Waals surface area contributed by atoms with E-state index in [1.165, 1.54) is 12.1 Å². The molecule has 3 rings (SSSR count). The highest BCUT2D eigenvalue weighted by Gasteiger charge is 2.21. The Hall–Kier alpha value is -1.46. The molecule has 2 heterocycles. The van der Waals surface area contributed by atoms with Gasteiger partial charge in [0.05, 0.1) is 10.9 Å². The number of halogens is 2. The first kappa shape index (κ1) is 12.6. The summed E-state index contributed by atoms with van der Waals surface area (Å²) in [7, 11) is 0. The quantitative estimate of drug-likeness (QED) is 0.919. The maximum absolute atomic E-state index is 13.1. The summed E-state index contributed by atoms with van der Waals surface area (Å²) in [5.74, 6) is 0.877. The van der Waals surface area contributed by atoms with Gasteiger partial charge in [0.2, 0.25) is 11.7 Å². The van der Waals surface area contributed by atoms with Crippen LogP contribution in [0.25, 0.3) is 11.4 Å². The van der Waals surface area contributed by atoms with Gasteiger partial charge in [-0.1, -0.05) is 16.8 Å². The second kappa shape index (κ2) is 5.27. The van der Waals surface area contributed by atoms with Crippen molar-refractivity contribution in [3.63, 3.8) is 0 Å². The molecule has 1 saturated heterocycles. The number of aromatic nitrogens is 2. The van der Waals surface area contributed by atoms with Crippen LogP contribution in [0.3, 0.4) is 0 Å². The smallest absolute Gasteiger partial charge is 0.231 e. The zero-order chi connectivity index (χ0) is 13.2. The van der Waals surface area contributed by atoms with E-state index in [1.807, 2.05) is 0 Å². The normalized spacial score (nSPS) is 19.6. The molecule has 1 aromatic heterocycles. The predicted octanol–water partition coefficient (Wildman–Crippen LogP) is 3.00. The molecule has 19 heavy (non-hydrogen) atoms. The zero-order valence-corrected chi connectivity index (χ0v) is 11.0. The van der Waals surface area contributed by atoms with Crippen LogP contribution in [0, 0.1) is 5.82 Å². The van der Waals surface area contributed by atoms with Gasteiger partial charge in [-0.15, -0.1) is 0 Å². The maximum atomic E-state index is 13.1. The van der Waals surface area contributed by atoms with Gasteiger partial charge in [0.15, 0.2) is 0 Å². The van der Waals surface area contributed by atoms with E-state index in [4.69, 9.17) is 16.1 Å². The lowest BCUT2D eigenvalue weighted by Gasteiger charge is -2.18. The van der Waals surface area contributed by atoms with E-state index in [0.29, 0.717) is 17.3 Å². The second-order valence-corrected chi connectivity index (χ2v) is 5.04. The van der Waals surface area contributed by atoms with Crippen molar-refractivity contribution in [1.29, 1.82) is 0 Å². The lowest BCUT2D eigenvalue weighted by molar-refractivity contribution is 0.322. The van der Waals surface area contributed by atoms with E-state index in [2.05, 4.69) is 15.5 Å². The van der Waals surface area contributed by atoms with Crippen LogP contribution in [-0.2, 0) is 0 Å². The van der Waals surface area contributed by atoms with E-state index in [0.717, 1.165) is 25.9 Å². The summed E-state index contributed by atoms with van der Waals surface area (Å²) in [6.45, 7) is 1.89. The summed E-state index contributed by atoms with van der Waals surface area (Å²) in [4.78, 5) is 4.38. The Morgan fingerprint density at radius 3 is 3.05 bits per heavy atom. The lowest BCUT2D eigenvalue weighted by Crippen LogP contribution is -2.28. The Bertz CT molecular complexity index is 581. The minimum atomic E-state index is -0.453. The monoisotopic (exact) mass is 281 g/mol. The topological polar surface area (TPSA) is 51.0 Å². The maximum Gasteiger partial charge on any atom is 0.231 e. The van der Waals surface area contributed by atoms with Crippen molar-refractivity contribution in [2.75, 3.05) is 13.1 Å². The van der Waals surface area contributed by atoms with Gasteiger partial charge in [0, 0.05) is 12.1 Å². The third-order valence-electron chi connectivity index (χ3n) is 3.27. The standard InChI is InChI=1S/C13H13ClFN3O/c14-10-6-8(3-4-11(10)15)12-17-13(19-18-12)9-2-1-5-16-7-9/h3-4,6,9,16H,1-2,5,7H2/t9-/m1/s1. The minimum Gasteiger partial charge on any atom is -0.339 e. The molecule has 0 amide bonds. The zero-order valence-electron chi connectivity index (χ0n) is 10.2. The fourth-order valence-electron chi connectivity index (χ4n) is 2.22. The van der Waals surface area contributed by atoms with Crippen LogP contribution in [0.2, 0.25) is 5.02 Å². The van der Waals surface area contributed by atoms with Gasteiger partial charge < -0.3 is 9.84 Å². The fourth-order valence-corrected chi connectivity index (χ4v) is 2.40. The molecule has 1 aliphatic heterocycles. The Morgan fingerprint density at radius 2 is 2.32 bits per heavy atom. The Kier molecular flexibility index (Phi) is 3.48. The summed E-state index contributed by atoms with van der Waals surface area (Å²) in [6, 6.07) is 4.40. The summed E-state index contributed by atoms with van der Waals surface area (Å²) in [5, 5.41) is 7.30. The Morgan fingerprint density at radius 1 is 1.42 bits per heavy atom. The number of rotatable bonds is 2. The number of nitrogens with zero attached hydrogens (tertiary/aromatic N) is 2. The molecule has 0 spiro atoms. The van der Waals surface area contributed by atoms with Crippen LogP contribution in [-0.4, -0.2) is 23.2 Å². The highest BCUT2D eigenvalue weighted by Crippen LogP contribution is 2.26. The molecule has 0 radical (unpaired) electrons. The van der Waals surface area contributed by atoms with Crippen molar-refractivity contribution < 1.29 is 8.91 Å². The molecule has 6 heteroatoms. The molecular formula is C13H13ClFN3O. The van der Waals surface area contributed by atoms with E-state index in [-0.39, 0.29) is 10.9 Å². The van der Waals surface area contributed by atoms with E-state index < -0.39 is 5.82 Å². The highest BCUT2D eigenvalue weighted by atomic mass is 35.5. The number of piperidine rings is 1. The summed E-state index contributed by atoms with van der Waals surface area (Å²) in [5.41, 5.74) is 0.658. The first-order valence-corrected chi connectivity index (χ1v) is 6.61. The van der Waals surface area contributed by atoms with Crippen LogP contribution in [0.1, 0.15) is 24.7 Å². The van der Waals surface area contributed by atoms with Crippen LogP contribution >= 0.6 is 11.6 Å². The van der Waals surface area contributed by atoms with Gasteiger partial charge in [0.25, 0.3) is 0 Å². The number of hydrogen-bond donors (Lipinski definition) is 1. The lowest BCUT2D eigenvalue weighted by atomic mass is 10.00. The van der Waals surface area contributed by atoms with Crippen molar-refractivity contribution in [1.82, 2.24) is 15.5 Å². The van der Waals surface area contributed by atoms with E-state index >= 15 is 0 Å². The van der Waals surface area contributed by atoms with Gasteiger partial charge in [0.1, 0.15) is 5.82 Å². The third-order valence-corrected chi connectivity index (χ3v) is 3.56.